The molecule has 0 aromatic heterocycles. The Morgan fingerprint density at radius 1 is 0.905 bits per heavy atom. The molecule has 112 valence electrons. The number of aryl methyl sites for hydroxylation is 3. The number of halogens is 1. The zero-order valence-corrected chi connectivity index (χ0v) is 14.1. The number of hydrogen-bond donors (Lipinski definition) is 0. The molecule has 0 saturated heterocycles. The molecule has 2 rings (SSSR count). The third-order valence-corrected chi connectivity index (χ3v) is 4.55. The summed E-state index contributed by atoms with van der Waals surface area (Å²) < 4.78 is 0. The fourth-order valence-corrected chi connectivity index (χ4v) is 2.85. The summed E-state index contributed by atoms with van der Waals surface area (Å²) in [6.07, 6.45) is 4.55. The lowest BCUT2D eigenvalue weighted by Gasteiger charge is -2.12. The zero-order valence-electron chi connectivity index (χ0n) is 13.3. The fourth-order valence-electron chi connectivity index (χ4n) is 2.53. The Morgan fingerprint density at radius 3 is 2.19 bits per heavy atom. The van der Waals surface area contributed by atoms with Crippen LogP contribution in [0.4, 0.5) is 0 Å². The summed E-state index contributed by atoms with van der Waals surface area (Å²) in [6, 6.07) is 15.4. The van der Waals surface area contributed by atoms with Crippen molar-refractivity contribution in [1.82, 2.24) is 0 Å². The highest BCUT2D eigenvalue weighted by atomic mass is 35.5. The molecule has 1 unspecified atom stereocenters. The average molecular weight is 301 g/mol. The van der Waals surface area contributed by atoms with Crippen LogP contribution < -0.4 is 0 Å². The summed E-state index contributed by atoms with van der Waals surface area (Å²) in [5.74, 6) is 0. The van der Waals surface area contributed by atoms with Crippen molar-refractivity contribution in [2.45, 2.75) is 51.8 Å². The molecule has 0 saturated carbocycles. The second kappa shape index (κ2) is 7.66. The van der Waals surface area contributed by atoms with Crippen molar-refractivity contribution in [3.63, 3.8) is 0 Å². The van der Waals surface area contributed by atoms with Gasteiger partial charge in [-0.05, 0) is 60.9 Å². The minimum Gasteiger partial charge on any atom is -0.117 e. The molecule has 0 radical (unpaired) electrons. The highest BCUT2D eigenvalue weighted by Crippen LogP contribution is 2.26. The van der Waals surface area contributed by atoms with Gasteiger partial charge < -0.3 is 0 Å². The van der Waals surface area contributed by atoms with Gasteiger partial charge in [-0.1, -0.05) is 55.8 Å². The SMILES string of the molecule is CCCCc1ccc(C(Cl)Cc2ccc(C)c(C)c2)cc1. The highest BCUT2D eigenvalue weighted by molar-refractivity contribution is 6.20. The predicted molar refractivity (Wildman–Crippen MR) is 93.3 cm³/mol. The minimum atomic E-state index is 0.0485. The standard InChI is InChI=1S/C20H25Cl/c1-4-5-6-17-9-11-19(12-10-17)20(21)14-18-8-7-15(2)16(3)13-18/h7-13,20H,4-6,14H2,1-3H3. The molecule has 2 aromatic rings. The van der Waals surface area contributed by atoms with Crippen molar-refractivity contribution in [2.75, 3.05) is 0 Å². The first-order chi connectivity index (χ1) is 10.1. The maximum Gasteiger partial charge on any atom is 0.0625 e. The smallest absolute Gasteiger partial charge is 0.0625 e. The topological polar surface area (TPSA) is 0 Å². The van der Waals surface area contributed by atoms with E-state index in [1.165, 1.54) is 47.1 Å². The number of benzene rings is 2. The Hall–Kier alpha value is -1.27. The molecule has 0 fully saturated rings. The van der Waals surface area contributed by atoms with E-state index in [-0.39, 0.29) is 5.38 Å². The first kappa shape index (κ1) is 16.1. The third-order valence-electron chi connectivity index (χ3n) is 4.15. The molecule has 0 heterocycles. The number of alkyl halides is 1. The van der Waals surface area contributed by atoms with Crippen LogP contribution in [0.5, 0.6) is 0 Å². The number of unbranched alkanes of at least 4 members (excludes halogenated alkanes) is 1. The molecule has 1 atom stereocenters. The van der Waals surface area contributed by atoms with Crippen molar-refractivity contribution in [1.29, 1.82) is 0 Å². The largest absolute Gasteiger partial charge is 0.117 e. The Balaban J connectivity index is 2.02. The maximum absolute atomic E-state index is 6.59. The van der Waals surface area contributed by atoms with Gasteiger partial charge >= 0.3 is 0 Å². The summed E-state index contributed by atoms with van der Waals surface area (Å²) in [4.78, 5) is 0. The van der Waals surface area contributed by atoms with Gasteiger partial charge in [0, 0.05) is 0 Å². The van der Waals surface area contributed by atoms with E-state index in [1.54, 1.807) is 0 Å². The van der Waals surface area contributed by atoms with Crippen LogP contribution in [0, 0.1) is 13.8 Å². The highest BCUT2D eigenvalue weighted by Gasteiger charge is 2.09. The van der Waals surface area contributed by atoms with E-state index in [0.717, 1.165) is 6.42 Å². The van der Waals surface area contributed by atoms with E-state index < -0.39 is 0 Å². The van der Waals surface area contributed by atoms with Crippen molar-refractivity contribution in [2.24, 2.45) is 0 Å². The van der Waals surface area contributed by atoms with Gasteiger partial charge in [0.25, 0.3) is 0 Å². The Labute approximate surface area is 134 Å². The lowest BCUT2D eigenvalue weighted by molar-refractivity contribution is 0.794. The summed E-state index contributed by atoms with van der Waals surface area (Å²) >= 11 is 6.59. The average Bonchev–Trinajstić information content (AvgIpc) is 2.49. The quantitative estimate of drug-likeness (QED) is 0.560. The van der Waals surface area contributed by atoms with E-state index in [4.69, 9.17) is 11.6 Å². The van der Waals surface area contributed by atoms with Crippen LogP contribution in [0.2, 0.25) is 0 Å². The number of rotatable bonds is 6. The van der Waals surface area contributed by atoms with E-state index in [1.807, 2.05) is 0 Å². The summed E-state index contributed by atoms with van der Waals surface area (Å²) in [6.45, 7) is 6.53. The van der Waals surface area contributed by atoms with Crippen LogP contribution in [0.1, 0.15) is 53.0 Å². The molecule has 0 amide bonds. The monoisotopic (exact) mass is 300 g/mol. The van der Waals surface area contributed by atoms with Crippen molar-refractivity contribution in [3.8, 4) is 0 Å². The van der Waals surface area contributed by atoms with Gasteiger partial charge in [-0.15, -0.1) is 11.6 Å². The molecule has 0 spiro atoms. The fraction of sp³-hybridized carbons (Fsp3) is 0.400. The van der Waals surface area contributed by atoms with Crippen molar-refractivity contribution in [3.05, 3.63) is 70.3 Å². The van der Waals surface area contributed by atoms with E-state index in [0.29, 0.717) is 0 Å². The molecule has 0 nitrogen and oxygen atoms in total. The lowest BCUT2D eigenvalue weighted by Crippen LogP contribution is -1.97. The zero-order chi connectivity index (χ0) is 15.2. The third kappa shape index (κ3) is 4.61. The van der Waals surface area contributed by atoms with Gasteiger partial charge in [-0.2, -0.15) is 0 Å². The van der Waals surface area contributed by atoms with Crippen LogP contribution in [0.3, 0.4) is 0 Å². The lowest BCUT2D eigenvalue weighted by atomic mass is 9.99. The van der Waals surface area contributed by atoms with Crippen LogP contribution in [-0.4, -0.2) is 0 Å². The van der Waals surface area contributed by atoms with Crippen LogP contribution in [0.15, 0.2) is 42.5 Å². The van der Waals surface area contributed by atoms with Crippen LogP contribution in [-0.2, 0) is 12.8 Å². The van der Waals surface area contributed by atoms with Gasteiger partial charge in [0.2, 0.25) is 0 Å². The predicted octanol–water partition coefficient (Wildman–Crippen LogP) is 6.17. The Bertz CT molecular complexity index is 569. The molecule has 0 bridgehead atoms. The second-order valence-corrected chi connectivity index (χ2v) is 6.46. The molecule has 0 aliphatic heterocycles. The first-order valence-corrected chi connectivity index (χ1v) is 8.33. The van der Waals surface area contributed by atoms with E-state index in [9.17, 15) is 0 Å². The number of hydrogen-bond acceptors (Lipinski definition) is 0. The molecule has 21 heavy (non-hydrogen) atoms. The summed E-state index contributed by atoms with van der Waals surface area (Å²) in [5, 5.41) is 0.0485. The van der Waals surface area contributed by atoms with Gasteiger partial charge in [0.05, 0.1) is 5.38 Å². The van der Waals surface area contributed by atoms with Crippen molar-refractivity contribution < 1.29 is 0 Å². The van der Waals surface area contributed by atoms with Crippen LogP contribution in [0.25, 0.3) is 0 Å². The minimum absolute atomic E-state index is 0.0485. The summed E-state index contributed by atoms with van der Waals surface area (Å²) in [5.41, 5.74) is 6.62. The van der Waals surface area contributed by atoms with E-state index in [2.05, 4.69) is 63.2 Å². The van der Waals surface area contributed by atoms with Gasteiger partial charge in [-0.25, -0.2) is 0 Å². The van der Waals surface area contributed by atoms with Crippen molar-refractivity contribution >= 4 is 11.6 Å². The molecule has 0 aliphatic carbocycles. The second-order valence-electron chi connectivity index (χ2n) is 5.94. The molecular weight excluding hydrogens is 276 g/mol. The molecular formula is C20H25Cl. The van der Waals surface area contributed by atoms with Crippen LogP contribution >= 0.6 is 11.6 Å². The van der Waals surface area contributed by atoms with Gasteiger partial charge in [0.15, 0.2) is 0 Å². The normalized spacial score (nSPS) is 12.4. The Kier molecular flexibility index (Phi) is 5.87. The summed E-state index contributed by atoms with van der Waals surface area (Å²) in [7, 11) is 0. The first-order valence-electron chi connectivity index (χ1n) is 7.89. The molecule has 0 aliphatic rings. The Morgan fingerprint density at radius 2 is 1.57 bits per heavy atom. The molecule has 2 aromatic carbocycles. The van der Waals surface area contributed by atoms with E-state index >= 15 is 0 Å². The maximum atomic E-state index is 6.59. The molecule has 0 N–H and O–H groups in total. The van der Waals surface area contributed by atoms with Gasteiger partial charge in [-0.3, -0.25) is 0 Å². The van der Waals surface area contributed by atoms with Gasteiger partial charge in [0.1, 0.15) is 0 Å². The molecule has 1 heteroatoms.